The highest BCUT2D eigenvalue weighted by atomic mass is 16.2. The van der Waals surface area contributed by atoms with E-state index in [9.17, 15) is 4.79 Å². The van der Waals surface area contributed by atoms with Crippen LogP contribution in [-0.2, 0) is 13.1 Å². The number of anilines is 2. The van der Waals surface area contributed by atoms with Crippen molar-refractivity contribution in [2.75, 3.05) is 42.5 Å². The van der Waals surface area contributed by atoms with Gasteiger partial charge in [-0.2, -0.15) is 5.10 Å². The highest BCUT2D eigenvalue weighted by Gasteiger charge is 2.32. The molecule has 1 saturated heterocycles. The lowest BCUT2D eigenvalue weighted by molar-refractivity contribution is 0.0996. The van der Waals surface area contributed by atoms with Crippen molar-refractivity contribution < 1.29 is 4.79 Å². The van der Waals surface area contributed by atoms with Crippen molar-refractivity contribution in [1.82, 2.24) is 24.6 Å². The third kappa shape index (κ3) is 2.86. The Balaban J connectivity index is 1.53. The first-order valence-electron chi connectivity index (χ1n) is 8.87. The van der Waals surface area contributed by atoms with Crippen LogP contribution in [0.3, 0.4) is 0 Å². The maximum Gasteiger partial charge on any atom is 0.262 e. The topological polar surface area (TPSA) is 70.4 Å². The van der Waals surface area contributed by atoms with Crippen molar-refractivity contribution in [2.24, 2.45) is 0 Å². The SMILES string of the molecule is CCN1CCN(c2ncc3c(n2)CN(c2cnn(CC)c2)C3=O)CC1. The van der Waals surface area contributed by atoms with E-state index in [0.29, 0.717) is 12.1 Å². The Morgan fingerprint density at radius 2 is 1.88 bits per heavy atom. The molecule has 25 heavy (non-hydrogen) atoms. The van der Waals surface area contributed by atoms with Gasteiger partial charge in [-0.25, -0.2) is 9.97 Å². The summed E-state index contributed by atoms with van der Waals surface area (Å²) in [6.07, 6.45) is 5.30. The first-order valence-corrected chi connectivity index (χ1v) is 8.87. The minimum atomic E-state index is -0.0481. The van der Waals surface area contributed by atoms with Gasteiger partial charge in [0.2, 0.25) is 5.95 Å². The van der Waals surface area contributed by atoms with Crippen LogP contribution in [0.25, 0.3) is 0 Å². The van der Waals surface area contributed by atoms with E-state index in [1.165, 1.54) is 0 Å². The zero-order valence-electron chi connectivity index (χ0n) is 14.7. The molecule has 1 fully saturated rings. The Bertz CT molecular complexity index is 779. The lowest BCUT2D eigenvalue weighted by Crippen LogP contribution is -2.46. The number of nitrogens with zero attached hydrogens (tertiary/aromatic N) is 7. The van der Waals surface area contributed by atoms with Crippen LogP contribution in [0.2, 0.25) is 0 Å². The van der Waals surface area contributed by atoms with E-state index in [4.69, 9.17) is 0 Å². The van der Waals surface area contributed by atoms with Gasteiger partial charge in [0.15, 0.2) is 0 Å². The molecule has 4 rings (SSSR count). The second-order valence-corrected chi connectivity index (χ2v) is 6.40. The molecular weight excluding hydrogens is 318 g/mol. The number of rotatable bonds is 4. The monoisotopic (exact) mass is 341 g/mol. The molecule has 2 aliphatic heterocycles. The number of aryl methyl sites for hydroxylation is 1. The van der Waals surface area contributed by atoms with Crippen molar-refractivity contribution in [3.63, 3.8) is 0 Å². The van der Waals surface area contributed by atoms with Gasteiger partial charge in [0.25, 0.3) is 5.91 Å². The van der Waals surface area contributed by atoms with Gasteiger partial charge in [0, 0.05) is 45.1 Å². The molecule has 0 unspecified atom stereocenters. The quantitative estimate of drug-likeness (QED) is 0.826. The van der Waals surface area contributed by atoms with Gasteiger partial charge in [0.1, 0.15) is 0 Å². The van der Waals surface area contributed by atoms with Crippen molar-refractivity contribution in [3.05, 3.63) is 29.8 Å². The summed E-state index contributed by atoms with van der Waals surface area (Å²) in [6, 6.07) is 0. The van der Waals surface area contributed by atoms with E-state index in [1.54, 1.807) is 17.3 Å². The van der Waals surface area contributed by atoms with Gasteiger partial charge in [-0.3, -0.25) is 14.4 Å². The maximum absolute atomic E-state index is 12.7. The van der Waals surface area contributed by atoms with E-state index in [1.807, 2.05) is 17.8 Å². The lowest BCUT2D eigenvalue weighted by atomic mass is 10.2. The second-order valence-electron chi connectivity index (χ2n) is 6.40. The summed E-state index contributed by atoms with van der Waals surface area (Å²) in [5.74, 6) is 0.682. The molecule has 0 bridgehead atoms. The summed E-state index contributed by atoms with van der Waals surface area (Å²) in [4.78, 5) is 28.1. The van der Waals surface area contributed by atoms with Crippen molar-refractivity contribution in [1.29, 1.82) is 0 Å². The van der Waals surface area contributed by atoms with Crippen LogP contribution in [0.5, 0.6) is 0 Å². The highest BCUT2D eigenvalue weighted by Crippen LogP contribution is 2.27. The number of fused-ring (bicyclic) bond motifs is 1. The fourth-order valence-electron chi connectivity index (χ4n) is 3.36. The molecule has 0 aliphatic carbocycles. The number of amides is 1. The Morgan fingerprint density at radius 1 is 1.08 bits per heavy atom. The van der Waals surface area contributed by atoms with Gasteiger partial charge in [-0.15, -0.1) is 0 Å². The van der Waals surface area contributed by atoms with Crippen molar-refractivity contribution in [3.8, 4) is 0 Å². The summed E-state index contributed by atoms with van der Waals surface area (Å²) in [6.45, 7) is 10.4. The fourth-order valence-corrected chi connectivity index (χ4v) is 3.36. The van der Waals surface area contributed by atoms with Gasteiger partial charge in [0.05, 0.1) is 29.7 Å². The Kier molecular flexibility index (Phi) is 4.12. The Morgan fingerprint density at radius 3 is 2.56 bits per heavy atom. The molecule has 2 aliphatic rings. The van der Waals surface area contributed by atoms with Gasteiger partial charge >= 0.3 is 0 Å². The Hall–Kier alpha value is -2.48. The molecule has 1 amide bonds. The van der Waals surface area contributed by atoms with Gasteiger partial charge < -0.3 is 9.80 Å². The first-order chi connectivity index (χ1) is 12.2. The molecule has 132 valence electrons. The van der Waals surface area contributed by atoms with Crippen LogP contribution in [0.4, 0.5) is 11.6 Å². The Labute approximate surface area is 147 Å². The van der Waals surface area contributed by atoms with E-state index in [0.717, 1.165) is 56.6 Å². The minimum Gasteiger partial charge on any atom is -0.338 e. The van der Waals surface area contributed by atoms with Crippen LogP contribution < -0.4 is 9.80 Å². The summed E-state index contributed by atoms with van der Waals surface area (Å²) in [5.41, 5.74) is 2.21. The van der Waals surface area contributed by atoms with E-state index in [-0.39, 0.29) is 5.91 Å². The highest BCUT2D eigenvalue weighted by molar-refractivity contribution is 6.09. The smallest absolute Gasteiger partial charge is 0.262 e. The first kappa shape index (κ1) is 16.0. The second kappa shape index (κ2) is 6.44. The molecule has 0 saturated carbocycles. The number of piperazine rings is 1. The van der Waals surface area contributed by atoms with Crippen molar-refractivity contribution >= 4 is 17.5 Å². The number of aromatic nitrogens is 4. The summed E-state index contributed by atoms with van der Waals surface area (Å²) >= 11 is 0. The fraction of sp³-hybridized carbons (Fsp3) is 0.529. The molecule has 8 heteroatoms. The van der Waals surface area contributed by atoms with Crippen LogP contribution in [0, 0.1) is 0 Å². The van der Waals surface area contributed by atoms with Crippen LogP contribution in [0.15, 0.2) is 18.6 Å². The molecule has 0 N–H and O–H groups in total. The molecule has 0 radical (unpaired) electrons. The van der Waals surface area contributed by atoms with Crippen LogP contribution in [0.1, 0.15) is 29.9 Å². The zero-order valence-corrected chi connectivity index (χ0v) is 14.7. The van der Waals surface area contributed by atoms with Gasteiger partial charge in [-0.05, 0) is 13.5 Å². The van der Waals surface area contributed by atoms with E-state index in [2.05, 4.69) is 31.8 Å². The lowest BCUT2D eigenvalue weighted by Gasteiger charge is -2.34. The number of likely N-dealkylation sites (N-methyl/N-ethyl adjacent to an activating group) is 1. The largest absolute Gasteiger partial charge is 0.338 e. The van der Waals surface area contributed by atoms with Gasteiger partial charge in [-0.1, -0.05) is 6.92 Å². The third-order valence-corrected chi connectivity index (χ3v) is 5.00. The summed E-state index contributed by atoms with van der Waals surface area (Å²) in [5, 5.41) is 4.26. The van der Waals surface area contributed by atoms with E-state index < -0.39 is 0 Å². The summed E-state index contributed by atoms with van der Waals surface area (Å²) < 4.78 is 1.82. The molecule has 0 spiro atoms. The average molecular weight is 341 g/mol. The summed E-state index contributed by atoms with van der Waals surface area (Å²) in [7, 11) is 0. The molecule has 0 aromatic carbocycles. The molecule has 0 atom stereocenters. The third-order valence-electron chi connectivity index (χ3n) is 5.00. The standard InChI is InChI=1S/C17H23N7O/c1-3-21-5-7-22(8-6-21)17-18-10-14-15(20-17)12-24(16(14)25)13-9-19-23(4-2)11-13/h9-11H,3-8,12H2,1-2H3. The predicted molar refractivity (Wildman–Crippen MR) is 94.8 cm³/mol. The average Bonchev–Trinajstić information content (AvgIpc) is 3.26. The zero-order chi connectivity index (χ0) is 17.4. The molecule has 8 nitrogen and oxygen atoms in total. The normalized spacial score (nSPS) is 18.1. The number of hydrogen-bond donors (Lipinski definition) is 0. The predicted octanol–water partition coefficient (Wildman–Crippen LogP) is 0.995. The van der Waals surface area contributed by atoms with Crippen LogP contribution in [-0.4, -0.2) is 63.3 Å². The molecular formula is C17H23N7O. The van der Waals surface area contributed by atoms with Crippen LogP contribution >= 0.6 is 0 Å². The van der Waals surface area contributed by atoms with E-state index >= 15 is 0 Å². The number of carbonyl (C=O) groups is 1. The molecule has 2 aromatic heterocycles. The minimum absolute atomic E-state index is 0.0481. The molecule has 2 aromatic rings. The van der Waals surface area contributed by atoms with Crippen molar-refractivity contribution in [2.45, 2.75) is 26.9 Å². The maximum atomic E-state index is 12.7. The molecule has 4 heterocycles. The number of hydrogen-bond acceptors (Lipinski definition) is 6. The number of carbonyl (C=O) groups excluding carboxylic acids is 1.